The summed E-state index contributed by atoms with van der Waals surface area (Å²) in [5, 5.41) is 1.15. The van der Waals surface area contributed by atoms with Gasteiger partial charge in [0.1, 0.15) is 0 Å². The minimum Gasteiger partial charge on any atom is -0.376 e. The Balaban J connectivity index is 1.92. The Labute approximate surface area is 126 Å². The molecule has 0 radical (unpaired) electrons. The monoisotopic (exact) mass is 284 g/mol. The molecule has 1 aromatic carbocycles. The van der Waals surface area contributed by atoms with Crippen LogP contribution in [0.1, 0.15) is 44.2 Å². The summed E-state index contributed by atoms with van der Waals surface area (Å²) in [5.74, 6) is 0.777. The second-order valence-electron chi connectivity index (χ2n) is 6.38. The third kappa shape index (κ3) is 2.68. The van der Waals surface area contributed by atoms with Crippen LogP contribution < -0.4 is 5.73 Å². The lowest BCUT2D eigenvalue weighted by Crippen LogP contribution is -2.45. The summed E-state index contributed by atoms with van der Waals surface area (Å²) < 4.78 is 5.91. The number of benzene rings is 1. The van der Waals surface area contributed by atoms with E-state index in [1.165, 1.54) is 12.8 Å². The summed E-state index contributed by atoms with van der Waals surface area (Å²) in [5.41, 5.74) is 8.50. The quantitative estimate of drug-likeness (QED) is 0.931. The van der Waals surface area contributed by atoms with E-state index in [9.17, 15) is 0 Å². The molecule has 0 amide bonds. The average molecular weight is 284 g/mol. The zero-order valence-corrected chi connectivity index (χ0v) is 12.9. The third-order valence-corrected chi connectivity index (χ3v) is 5.08. The van der Waals surface area contributed by atoms with Crippen LogP contribution in [-0.4, -0.2) is 17.7 Å². The molecule has 112 valence electrons. The highest BCUT2D eigenvalue weighted by atomic mass is 16.5. The molecule has 1 aliphatic rings. The second kappa shape index (κ2) is 5.74. The van der Waals surface area contributed by atoms with Gasteiger partial charge < -0.3 is 10.5 Å². The van der Waals surface area contributed by atoms with Gasteiger partial charge in [0.2, 0.25) is 0 Å². The van der Waals surface area contributed by atoms with Gasteiger partial charge in [0.15, 0.2) is 0 Å². The highest BCUT2D eigenvalue weighted by Crippen LogP contribution is 2.42. The Morgan fingerprint density at radius 2 is 2.05 bits per heavy atom. The molecule has 0 spiro atoms. The van der Waals surface area contributed by atoms with Gasteiger partial charge in [0.05, 0.1) is 17.2 Å². The van der Waals surface area contributed by atoms with Gasteiger partial charge in [0.25, 0.3) is 0 Å². The summed E-state index contributed by atoms with van der Waals surface area (Å²) in [6.07, 6.45) is 6.27. The first-order valence-electron chi connectivity index (χ1n) is 7.80. The van der Waals surface area contributed by atoms with Gasteiger partial charge in [-0.3, -0.25) is 4.98 Å². The first kappa shape index (κ1) is 14.5. The molecule has 1 heterocycles. The maximum atomic E-state index is 6.60. The number of fused-ring (bicyclic) bond motifs is 1. The minimum atomic E-state index is -0.227. The van der Waals surface area contributed by atoms with Crippen LogP contribution in [0.2, 0.25) is 0 Å². The largest absolute Gasteiger partial charge is 0.376 e. The van der Waals surface area contributed by atoms with Crippen molar-refractivity contribution in [2.24, 2.45) is 11.7 Å². The van der Waals surface area contributed by atoms with Crippen molar-refractivity contribution < 1.29 is 4.74 Å². The zero-order chi connectivity index (χ0) is 14.9. The average Bonchev–Trinajstić information content (AvgIpc) is 2.55. The van der Waals surface area contributed by atoms with E-state index >= 15 is 0 Å². The smallest absolute Gasteiger partial charge is 0.0870 e. The molecule has 1 saturated carbocycles. The van der Waals surface area contributed by atoms with E-state index in [0.717, 1.165) is 35.2 Å². The Morgan fingerprint density at radius 1 is 1.29 bits per heavy atom. The SMILES string of the molecule is COC1(C(N)c2ccc3cccnc3c2)CCC(C)CC1. The van der Waals surface area contributed by atoms with E-state index in [4.69, 9.17) is 10.5 Å². The van der Waals surface area contributed by atoms with Crippen molar-refractivity contribution in [3.63, 3.8) is 0 Å². The van der Waals surface area contributed by atoms with Gasteiger partial charge >= 0.3 is 0 Å². The Bertz CT molecular complexity index is 617. The van der Waals surface area contributed by atoms with E-state index < -0.39 is 0 Å². The fraction of sp³-hybridized carbons (Fsp3) is 0.500. The highest BCUT2D eigenvalue weighted by Gasteiger charge is 2.40. The lowest BCUT2D eigenvalue weighted by molar-refractivity contribution is -0.0671. The van der Waals surface area contributed by atoms with Crippen LogP contribution in [-0.2, 0) is 4.74 Å². The molecule has 2 N–H and O–H groups in total. The summed E-state index contributed by atoms with van der Waals surface area (Å²) in [6.45, 7) is 2.31. The lowest BCUT2D eigenvalue weighted by atomic mass is 9.73. The molecular weight excluding hydrogens is 260 g/mol. The zero-order valence-electron chi connectivity index (χ0n) is 12.9. The summed E-state index contributed by atoms with van der Waals surface area (Å²) in [6, 6.07) is 10.3. The minimum absolute atomic E-state index is 0.0959. The molecular formula is C18H24N2O. The predicted octanol–water partition coefficient (Wildman–Crippen LogP) is 3.83. The van der Waals surface area contributed by atoms with Crippen LogP contribution in [0, 0.1) is 5.92 Å². The van der Waals surface area contributed by atoms with Crippen LogP contribution in [0.5, 0.6) is 0 Å². The molecule has 21 heavy (non-hydrogen) atoms. The maximum absolute atomic E-state index is 6.60. The molecule has 3 nitrogen and oxygen atoms in total. The summed E-state index contributed by atoms with van der Waals surface area (Å²) in [7, 11) is 1.80. The Hall–Kier alpha value is -1.45. The maximum Gasteiger partial charge on any atom is 0.0870 e. The molecule has 1 unspecified atom stereocenters. The van der Waals surface area contributed by atoms with Crippen molar-refractivity contribution in [1.29, 1.82) is 0 Å². The fourth-order valence-electron chi connectivity index (χ4n) is 3.47. The van der Waals surface area contributed by atoms with Crippen LogP contribution in [0.3, 0.4) is 0 Å². The number of pyridine rings is 1. The number of rotatable bonds is 3. The topological polar surface area (TPSA) is 48.1 Å². The Morgan fingerprint density at radius 3 is 2.76 bits per heavy atom. The van der Waals surface area contributed by atoms with Crippen molar-refractivity contribution in [2.75, 3.05) is 7.11 Å². The van der Waals surface area contributed by atoms with Gasteiger partial charge in [-0.25, -0.2) is 0 Å². The predicted molar refractivity (Wildman–Crippen MR) is 86.0 cm³/mol. The van der Waals surface area contributed by atoms with Gasteiger partial charge in [-0.15, -0.1) is 0 Å². The highest BCUT2D eigenvalue weighted by molar-refractivity contribution is 5.79. The van der Waals surface area contributed by atoms with E-state index in [1.807, 2.05) is 12.3 Å². The number of aromatic nitrogens is 1. The van der Waals surface area contributed by atoms with Crippen molar-refractivity contribution in [3.05, 3.63) is 42.1 Å². The molecule has 1 aliphatic carbocycles. The molecule has 2 aromatic rings. The van der Waals surface area contributed by atoms with E-state index in [2.05, 4.69) is 36.2 Å². The van der Waals surface area contributed by atoms with Crippen molar-refractivity contribution in [1.82, 2.24) is 4.98 Å². The molecule has 3 heteroatoms. The van der Waals surface area contributed by atoms with Crippen LogP contribution in [0.25, 0.3) is 10.9 Å². The number of hydrogen-bond donors (Lipinski definition) is 1. The molecule has 1 atom stereocenters. The first-order chi connectivity index (χ1) is 10.1. The standard InChI is InChI=1S/C18H24N2O/c1-13-7-9-18(21-2,10-8-13)17(19)15-6-5-14-4-3-11-20-16(14)12-15/h3-6,11-13,17H,7-10,19H2,1-2H3. The van der Waals surface area contributed by atoms with Gasteiger partial charge in [-0.05, 0) is 49.3 Å². The van der Waals surface area contributed by atoms with Gasteiger partial charge in [0, 0.05) is 18.7 Å². The van der Waals surface area contributed by atoms with Crippen LogP contribution in [0.15, 0.2) is 36.5 Å². The van der Waals surface area contributed by atoms with E-state index in [-0.39, 0.29) is 11.6 Å². The molecule has 3 rings (SSSR count). The Kier molecular flexibility index (Phi) is 3.96. The number of nitrogens with zero attached hydrogens (tertiary/aromatic N) is 1. The summed E-state index contributed by atoms with van der Waals surface area (Å²) >= 11 is 0. The van der Waals surface area contributed by atoms with Crippen molar-refractivity contribution in [2.45, 2.75) is 44.2 Å². The molecule has 0 bridgehead atoms. The number of ether oxygens (including phenoxy) is 1. The van der Waals surface area contributed by atoms with Crippen molar-refractivity contribution in [3.8, 4) is 0 Å². The molecule has 0 saturated heterocycles. The molecule has 1 aromatic heterocycles. The summed E-state index contributed by atoms with van der Waals surface area (Å²) in [4.78, 5) is 4.43. The molecule has 1 fully saturated rings. The fourth-order valence-corrected chi connectivity index (χ4v) is 3.47. The second-order valence-corrected chi connectivity index (χ2v) is 6.38. The number of methoxy groups -OCH3 is 1. The molecule has 0 aliphatic heterocycles. The van der Waals surface area contributed by atoms with Crippen LogP contribution in [0.4, 0.5) is 0 Å². The first-order valence-corrected chi connectivity index (χ1v) is 7.80. The van der Waals surface area contributed by atoms with Crippen LogP contribution >= 0.6 is 0 Å². The van der Waals surface area contributed by atoms with Gasteiger partial charge in [-0.2, -0.15) is 0 Å². The van der Waals surface area contributed by atoms with E-state index in [1.54, 1.807) is 7.11 Å². The van der Waals surface area contributed by atoms with E-state index in [0.29, 0.717) is 0 Å². The number of hydrogen-bond acceptors (Lipinski definition) is 3. The number of nitrogens with two attached hydrogens (primary N) is 1. The third-order valence-electron chi connectivity index (χ3n) is 5.08. The lowest BCUT2D eigenvalue weighted by Gasteiger charge is -2.42. The van der Waals surface area contributed by atoms with Crippen molar-refractivity contribution >= 4 is 10.9 Å². The van der Waals surface area contributed by atoms with Gasteiger partial charge in [-0.1, -0.05) is 25.1 Å². The normalized spacial score (nSPS) is 27.7.